The van der Waals surface area contributed by atoms with Gasteiger partial charge in [0, 0.05) is 19.5 Å². The van der Waals surface area contributed by atoms with Gasteiger partial charge in [0.2, 0.25) is 0 Å². The number of aryl methyl sites for hydroxylation is 2. The number of hydrogen-bond acceptors (Lipinski definition) is 2. The Morgan fingerprint density at radius 2 is 1.83 bits per heavy atom. The molecule has 1 saturated carbocycles. The van der Waals surface area contributed by atoms with Gasteiger partial charge in [0.25, 0.3) is 5.91 Å². The van der Waals surface area contributed by atoms with E-state index in [-0.39, 0.29) is 5.91 Å². The fourth-order valence-electron chi connectivity index (χ4n) is 4.54. The van der Waals surface area contributed by atoms with Crippen LogP contribution in [0, 0.1) is 5.92 Å². The van der Waals surface area contributed by atoms with Crippen molar-refractivity contribution in [1.29, 1.82) is 0 Å². The monoisotopic (exact) mass is 423 g/mol. The van der Waals surface area contributed by atoms with E-state index in [9.17, 15) is 4.79 Å². The topological polar surface area (TPSA) is 46.9 Å². The number of nitrogens with zero attached hydrogens (tertiary/aromatic N) is 2. The van der Waals surface area contributed by atoms with Crippen LogP contribution in [0.15, 0.2) is 48.5 Å². The first-order valence-corrected chi connectivity index (χ1v) is 11.6. The molecule has 0 radical (unpaired) electrons. The van der Waals surface area contributed by atoms with E-state index >= 15 is 0 Å². The average Bonchev–Trinajstić information content (AvgIpc) is 3.13. The molecule has 2 aromatic carbocycles. The van der Waals surface area contributed by atoms with Crippen molar-refractivity contribution < 1.29 is 4.79 Å². The Balaban J connectivity index is 1.37. The van der Waals surface area contributed by atoms with Gasteiger partial charge in [0.05, 0.1) is 21.6 Å². The minimum absolute atomic E-state index is 0.119. The molecular formula is C25H30ClN3O. The molecule has 1 aliphatic carbocycles. The third kappa shape index (κ3) is 5.04. The lowest BCUT2D eigenvalue weighted by Crippen LogP contribution is -2.25. The van der Waals surface area contributed by atoms with Gasteiger partial charge in [0.15, 0.2) is 0 Å². The lowest BCUT2D eigenvalue weighted by atomic mass is 9.87. The normalized spacial score (nSPS) is 14.8. The fourth-order valence-corrected chi connectivity index (χ4v) is 4.76. The Morgan fingerprint density at radius 1 is 1.07 bits per heavy atom. The van der Waals surface area contributed by atoms with E-state index in [0.717, 1.165) is 36.6 Å². The van der Waals surface area contributed by atoms with Gasteiger partial charge >= 0.3 is 0 Å². The molecule has 1 N–H and O–H groups in total. The standard InChI is InChI=1S/C25H30ClN3O/c26-21-12-5-4-11-20(21)25(30)27-17-8-15-24-28-22-13-6-7-14-23(22)29(24)18-16-19-9-2-1-3-10-19/h4-7,11-14,19H,1-3,8-10,15-18H2,(H,27,30). The molecule has 0 aliphatic heterocycles. The first-order chi connectivity index (χ1) is 14.7. The minimum atomic E-state index is -0.119. The number of hydrogen-bond donors (Lipinski definition) is 1. The zero-order valence-electron chi connectivity index (χ0n) is 17.4. The summed E-state index contributed by atoms with van der Waals surface area (Å²) >= 11 is 6.12. The molecule has 4 rings (SSSR count). The summed E-state index contributed by atoms with van der Waals surface area (Å²) in [5.74, 6) is 1.85. The Bertz CT molecular complexity index is 991. The van der Waals surface area contributed by atoms with Gasteiger partial charge < -0.3 is 9.88 Å². The Labute approximate surface area is 183 Å². The molecule has 158 valence electrons. The molecular weight excluding hydrogens is 394 g/mol. The second-order valence-electron chi connectivity index (χ2n) is 8.30. The maximum absolute atomic E-state index is 12.3. The van der Waals surface area contributed by atoms with Crippen molar-refractivity contribution in [3.63, 3.8) is 0 Å². The maximum atomic E-state index is 12.3. The average molecular weight is 424 g/mol. The molecule has 3 aromatic rings. The summed E-state index contributed by atoms with van der Waals surface area (Å²) < 4.78 is 2.40. The van der Waals surface area contributed by atoms with Crippen molar-refractivity contribution in [2.75, 3.05) is 6.54 Å². The van der Waals surface area contributed by atoms with Crippen molar-refractivity contribution in [2.45, 2.75) is 57.9 Å². The molecule has 0 unspecified atom stereocenters. The number of aromatic nitrogens is 2. The van der Waals surface area contributed by atoms with Gasteiger partial charge in [0.1, 0.15) is 5.82 Å². The van der Waals surface area contributed by atoms with Crippen LogP contribution in [0.1, 0.15) is 61.1 Å². The van der Waals surface area contributed by atoms with E-state index in [1.54, 1.807) is 12.1 Å². The largest absolute Gasteiger partial charge is 0.352 e. The van der Waals surface area contributed by atoms with Crippen LogP contribution in [-0.2, 0) is 13.0 Å². The predicted molar refractivity (Wildman–Crippen MR) is 123 cm³/mol. The van der Waals surface area contributed by atoms with Crippen LogP contribution in [0.2, 0.25) is 5.02 Å². The summed E-state index contributed by atoms with van der Waals surface area (Å²) in [5.41, 5.74) is 2.82. The molecule has 1 aliphatic rings. The van der Waals surface area contributed by atoms with E-state index in [2.05, 4.69) is 34.1 Å². The lowest BCUT2D eigenvalue weighted by molar-refractivity contribution is 0.0953. The molecule has 0 spiro atoms. The molecule has 1 amide bonds. The highest BCUT2D eigenvalue weighted by atomic mass is 35.5. The number of nitrogens with one attached hydrogen (secondary N) is 1. The number of para-hydroxylation sites is 2. The first kappa shape index (κ1) is 20.9. The Hall–Kier alpha value is -2.33. The van der Waals surface area contributed by atoms with E-state index in [1.165, 1.54) is 44.0 Å². The van der Waals surface area contributed by atoms with Crippen molar-refractivity contribution in [1.82, 2.24) is 14.9 Å². The van der Waals surface area contributed by atoms with Crippen LogP contribution in [0.25, 0.3) is 11.0 Å². The summed E-state index contributed by atoms with van der Waals surface area (Å²) in [6.45, 7) is 1.64. The van der Waals surface area contributed by atoms with Crippen molar-refractivity contribution in [3.05, 3.63) is 64.9 Å². The summed E-state index contributed by atoms with van der Waals surface area (Å²) in [5, 5.41) is 3.47. The number of rotatable bonds is 8. The van der Waals surface area contributed by atoms with Crippen LogP contribution in [0.5, 0.6) is 0 Å². The quantitative estimate of drug-likeness (QED) is 0.450. The highest BCUT2D eigenvalue weighted by molar-refractivity contribution is 6.33. The number of benzene rings is 2. The number of carbonyl (C=O) groups excluding carboxylic acids is 1. The molecule has 1 heterocycles. The van der Waals surface area contributed by atoms with Crippen molar-refractivity contribution in [3.8, 4) is 0 Å². The van der Waals surface area contributed by atoms with Crippen LogP contribution >= 0.6 is 11.6 Å². The van der Waals surface area contributed by atoms with E-state index in [4.69, 9.17) is 16.6 Å². The fraction of sp³-hybridized carbons (Fsp3) is 0.440. The molecule has 5 heteroatoms. The third-order valence-corrected chi connectivity index (χ3v) is 6.53. The van der Waals surface area contributed by atoms with E-state index in [1.807, 2.05) is 12.1 Å². The number of halogens is 1. The molecule has 0 atom stereocenters. The van der Waals surface area contributed by atoms with Gasteiger partial charge in [-0.2, -0.15) is 0 Å². The number of imidazole rings is 1. The SMILES string of the molecule is O=C(NCCCc1nc2ccccc2n1CCC1CCCCC1)c1ccccc1Cl. The molecule has 0 bridgehead atoms. The van der Waals surface area contributed by atoms with Crippen LogP contribution < -0.4 is 5.32 Å². The van der Waals surface area contributed by atoms with Gasteiger partial charge in [-0.05, 0) is 43.0 Å². The van der Waals surface area contributed by atoms with Crippen molar-refractivity contribution >= 4 is 28.5 Å². The minimum Gasteiger partial charge on any atom is -0.352 e. The van der Waals surface area contributed by atoms with Gasteiger partial charge in [-0.25, -0.2) is 4.98 Å². The summed E-state index contributed by atoms with van der Waals surface area (Å²) in [7, 11) is 0. The zero-order chi connectivity index (χ0) is 20.8. The number of amides is 1. The molecule has 4 nitrogen and oxygen atoms in total. The molecule has 1 aromatic heterocycles. The van der Waals surface area contributed by atoms with Crippen molar-refractivity contribution in [2.24, 2.45) is 5.92 Å². The molecule has 1 fully saturated rings. The first-order valence-electron chi connectivity index (χ1n) is 11.2. The second-order valence-corrected chi connectivity index (χ2v) is 8.71. The van der Waals surface area contributed by atoms with Gasteiger partial charge in [-0.15, -0.1) is 0 Å². The summed E-state index contributed by atoms with van der Waals surface area (Å²) in [4.78, 5) is 17.2. The van der Waals surface area contributed by atoms with Crippen LogP contribution in [-0.4, -0.2) is 22.0 Å². The predicted octanol–water partition coefficient (Wildman–Crippen LogP) is 6.02. The maximum Gasteiger partial charge on any atom is 0.252 e. The molecule has 0 saturated heterocycles. The lowest BCUT2D eigenvalue weighted by Gasteiger charge is -2.22. The second kappa shape index (κ2) is 10.1. The van der Waals surface area contributed by atoms with Crippen LogP contribution in [0.4, 0.5) is 0 Å². The highest BCUT2D eigenvalue weighted by Crippen LogP contribution is 2.28. The zero-order valence-corrected chi connectivity index (χ0v) is 18.2. The summed E-state index contributed by atoms with van der Waals surface area (Å²) in [6, 6.07) is 15.6. The van der Waals surface area contributed by atoms with E-state index < -0.39 is 0 Å². The van der Waals surface area contributed by atoms with E-state index in [0.29, 0.717) is 17.1 Å². The summed E-state index contributed by atoms with van der Waals surface area (Å²) in [6.07, 6.45) is 9.84. The van der Waals surface area contributed by atoms with Gasteiger partial charge in [-0.3, -0.25) is 4.79 Å². The Kier molecular flexibility index (Phi) is 7.06. The number of fused-ring (bicyclic) bond motifs is 1. The van der Waals surface area contributed by atoms with Gasteiger partial charge in [-0.1, -0.05) is 68.0 Å². The third-order valence-electron chi connectivity index (χ3n) is 6.20. The van der Waals surface area contributed by atoms with Crippen LogP contribution in [0.3, 0.4) is 0 Å². The number of carbonyl (C=O) groups is 1. The smallest absolute Gasteiger partial charge is 0.252 e. The molecule has 30 heavy (non-hydrogen) atoms. The highest BCUT2D eigenvalue weighted by Gasteiger charge is 2.16. The Morgan fingerprint density at radius 3 is 2.67 bits per heavy atom.